The van der Waals surface area contributed by atoms with Crippen LogP contribution in [0.1, 0.15) is 31.5 Å². The van der Waals surface area contributed by atoms with Gasteiger partial charge in [0.15, 0.2) is 0 Å². The fourth-order valence-corrected chi connectivity index (χ4v) is 2.97. The van der Waals surface area contributed by atoms with Crippen LogP contribution in [-0.2, 0) is 21.6 Å². The van der Waals surface area contributed by atoms with Gasteiger partial charge in [-0.25, -0.2) is 0 Å². The Kier molecular flexibility index (Phi) is 3.55. The minimum atomic E-state index is -0.436. The van der Waals surface area contributed by atoms with Crippen molar-refractivity contribution in [3.8, 4) is 5.69 Å². The van der Waals surface area contributed by atoms with Gasteiger partial charge in [0.2, 0.25) is 0 Å². The van der Waals surface area contributed by atoms with Crippen molar-refractivity contribution in [3.05, 3.63) is 53.9 Å². The molecule has 0 saturated heterocycles. The van der Waals surface area contributed by atoms with Crippen molar-refractivity contribution in [2.45, 2.75) is 32.4 Å². The third kappa shape index (κ3) is 2.47. The zero-order chi connectivity index (χ0) is 14.9. The lowest BCUT2D eigenvalue weighted by Gasteiger charge is -2.29. The molecule has 0 saturated carbocycles. The van der Waals surface area contributed by atoms with E-state index in [1.54, 1.807) is 0 Å². The normalized spacial score (nSPS) is 20.3. The number of carbonyl (C=O) groups excluding carboxylic acids is 1. The maximum Gasteiger partial charge on any atom is 0.308 e. The van der Waals surface area contributed by atoms with Gasteiger partial charge in [0.1, 0.15) is 0 Å². The molecular formula is C17H20N2O2. The quantitative estimate of drug-likeness (QED) is 0.881. The first-order valence-corrected chi connectivity index (χ1v) is 7.31. The van der Waals surface area contributed by atoms with Gasteiger partial charge in [0.25, 0.3) is 0 Å². The minimum Gasteiger partial charge on any atom is -0.466 e. The zero-order valence-corrected chi connectivity index (χ0v) is 12.4. The number of fused-ring (bicyclic) bond motifs is 3. The van der Waals surface area contributed by atoms with Crippen LogP contribution in [0.4, 0.5) is 0 Å². The molecule has 0 bridgehead atoms. The van der Waals surface area contributed by atoms with Crippen LogP contribution in [0.15, 0.2) is 42.6 Å². The number of benzene rings is 1. The van der Waals surface area contributed by atoms with Crippen LogP contribution in [0.5, 0.6) is 0 Å². The highest BCUT2D eigenvalue weighted by Crippen LogP contribution is 2.32. The number of rotatable bonds is 3. The fraction of sp³-hybridized carbons (Fsp3) is 0.353. The Hall–Kier alpha value is -2.07. The summed E-state index contributed by atoms with van der Waals surface area (Å²) in [5.41, 5.74) is 3.04. The topological polar surface area (TPSA) is 43.3 Å². The number of nitrogens with zero attached hydrogens (tertiary/aromatic N) is 1. The van der Waals surface area contributed by atoms with Gasteiger partial charge < -0.3 is 14.6 Å². The molecule has 2 aromatic rings. The maximum absolute atomic E-state index is 12.0. The standard InChI is InChI=1S/C17H20N2O2/c1-3-21-16(20)11-17(2)15-9-6-10-19(15)14-8-5-4-7-13(14)12-18-17/h4-10,18H,3,11-12H2,1-2H3. The number of hydrogen-bond donors (Lipinski definition) is 1. The van der Waals surface area contributed by atoms with Gasteiger partial charge in [-0.1, -0.05) is 18.2 Å². The summed E-state index contributed by atoms with van der Waals surface area (Å²) in [5.74, 6) is -0.175. The Morgan fingerprint density at radius 3 is 2.95 bits per heavy atom. The smallest absolute Gasteiger partial charge is 0.308 e. The number of nitrogens with one attached hydrogen (secondary N) is 1. The summed E-state index contributed by atoms with van der Waals surface area (Å²) in [6.45, 7) is 5.03. The fourth-order valence-electron chi connectivity index (χ4n) is 2.97. The molecule has 0 aliphatic carbocycles. The van der Waals surface area contributed by atoms with E-state index in [0.29, 0.717) is 13.0 Å². The van der Waals surface area contributed by atoms with Crippen molar-refractivity contribution in [1.29, 1.82) is 0 Å². The highest BCUT2D eigenvalue weighted by Gasteiger charge is 2.34. The molecule has 1 N–H and O–H groups in total. The molecule has 0 amide bonds. The third-order valence-corrected chi connectivity index (χ3v) is 4.04. The highest BCUT2D eigenvalue weighted by molar-refractivity contribution is 5.71. The second kappa shape index (κ2) is 5.37. The molecule has 0 radical (unpaired) electrons. The maximum atomic E-state index is 12.0. The van der Waals surface area contributed by atoms with Crippen LogP contribution >= 0.6 is 0 Å². The number of hydrogen-bond acceptors (Lipinski definition) is 3. The molecule has 2 heterocycles. The van der Waals surface area contributed by atoms with Gasteiger partial charge in [-0.05, 0) is 37.6 Å². The predicted molar refractivity (Wildman–Crippen MR) is 81.2 cm³/mol. The lowest BCUT2D eigenvalue weighted by molar-refractivity contribution is -0.144. The number of carbonyl (C=O) groups is 1. The van der Waals surface area contributed by atoms with E-state index in [1.807, 2.05) is 31.3 Å². The van der Waals surface area contributed by atoms with Gasteiger partial charge in [0, 0.05) is 24.1 Å². The number of esters is 1. The molecule has 3 rings (SSSR count). The Bertz CT molecular complexity index is 662. The SMILES string of the molecule is CCOC(=O)CC1(C)NCc2ccccc2-n2cccc21. The first-order chi connectivity index (χ1) is 10.1. The highest BCUT2D eigenvalue weighted by atomic mass is 16.5. The van der Waals surface area contributed by atoms with Gasteiger partial charge in [-0.3, -0.25) is 4.79 Å². The van der Waals surface area contributed by atoms with Crippen molar-refractivity contribution in [1.82, 2.24) is 9.88 Å². The second-order valence-corrected chi connectivity index (χ2v) is 5.56. The van der Waals surface area contributed by atoms with E-state index in [0.717, 1.165) is 17.9 Å². The zero-order valence-electron chi connectivity index (χ0n) is 12.4. The van der Waals surface area contributed by atoms with Crippen molar-refractivity contribution in [2.24, 2.45) is 0 Å². The Morgan fingerprint density at radius 2 is 2.14 bits per heavy atom. The molecule has 1 aliphatic heterocycles. The number of ether oxygens (including phenoxy) is 1. The average Bonchev–Trinajstić information content (AvgIpc) is 2.92. The summed E-state index contributed by atoms with van der Waals surface area (Å²) >= 11 is 0. The summed E-state index contributed by atoms with van der Waals surface area (Å²) in [7, 11) is 0. The molecule has 4 nitrogen and oxygen atoms in total. The van der Waals surface area contributed by atoms with Crippen molar-refractivity contribution in [2.75, 3.05) is 6.61 Å². The number of aromatic nitrogens is 1. The Labute approximate surface area is 124 Å². The van der Waals surface area contributed by atoms with E-state index >= 15 is 0 Å². The Balaban J connectivity index is 2.02. The Morgan fingerprint density at radius 1 is 1.33 bits per heavy atom. The average molecular weight is 284 g/mol. The largest absolute Gasteiger partial charge is 0.466 e. The molecule has 1 aromatic carbocycles. The monoisotopic (exact) mass is 284 g/mol. The van der Waals surface area contributed by atoms with Crippen LogP contribution in [0.2, 0.25) is 0 Å². The van der Waals surface area contributed by atoms with Gasteiger partial charge >= 0.3 is 5.97 Å². The van der Waals surface area contributed by atoms with E-state index in [-0.39, 0.29) is 5.97 Å². The first kappa shape index (κ1) is 13.9. The van der Waals surface area contributed by atoms with Gasteiger partial charge in [-0.2, -0.15) is 0 Å². The van der Waals surface area contributed by atoms with Crippen LogP contribution in [-0.4, -0.2) is 17.1 Å². The van der Waals surface area contributed by atoms with Crippen LogP contribution in [0.3, 0.4) is 0 Å². The molecule has 21 heavy (non-hydrogen) atoms. The summed E-state index contributed by atoms with van der Waals surface area (Å²) in [5, 5.41) is 3.52. The summed E-state index contributed by atoms with van der Waals surface area (Å²) in [6, 6.07) is 12.4. The van der Waals surface area contributed by atoms with Crippen LogP contribution in [0.25, 0.3) is 5.69 Å². The van der Waals surface area contributed by atoms with Crippen molar-refractivity contribution < 1.29 is 9.53 Å². The van der Waals surface area contributed by atoms with Crippen LogP contribution < -0.4 is 5.32 Å². The van der Waals surface area contributed by atoms with E-state index in [1.165, 1.54) is 5.56 Å². The molecule has 0 fully saturated rings. The third-order valence-electron chi connectivity index (χ3n) is 4.04. The molecule has 1 aromatic heterocycles. The second-order valence-electron chi connectivity index (χ2n) is 5.56. The molecule has 110 valence electrons. The van der Waals surface area contributed by atoms with E-state index < -0.39 is 5.54 Å². The first-order valence-electron chi connectivity index (χ1n) is 7.31. The molecular weight excluding hydrogens is 264 g/mol. The summed E-state index contributed by atoms with van der Waals surface area (Å²) < 4.78 is 7.29. The van der Waals surface area contributed by atoms with Crippen LogP contribution in [0, 0.1) is 0 Å². The molecule has 1 atom stereocenters. The molecule has 1 unspecified atom stereocenters. The van der Waals surface area contributed by atoms with E-state index in [4.69, 9.17) is 4.74 Å². The molecule has 0 spiro atoms. The van der Waals surface area contributed by atoms with Crippen molar-refractivity contribution >= 4 is 5.97 Å². The molecule has 4 heteroatoms. The van der Waals surface area contributed by atoms with Gasteiger partial charge in [0.05, 0.1) is 18.6 Å². The lowest BCUT2D eigenvalue weighted by atomic mass is 9.93. The summed E-state index contributed by atoms with van der Waals surface area (Å²) in [4.78, 5) is 12.0. The van der Waals surface area contributed by atoms with Gasteiger partial charge in [-0.15, -0.1) is 0 Å². The molecule has 1 aliphatic rings. The van der Waals surface area contributed by atoms with E-state index in [9.17, 15) is 4.79 Å². The minimum absolute atomic E-state index is 0.175. The lowest BCUT2D eigenvalue weighted by Crippen LogP contribution is -2.41. The number of para-hydroxylation sites is 1. The van der Waals surface area contributed by atoms with Crippen molar-refractivity contribution in [3.63, 3.8) is 0 Å². The summed E-state index contributed by atoms with van der Waals surface area (Å²) in [6.07, 6.45) is 2.36. The van der Waals surface area contributed by atoms with E-state index in [2.05, 4.69) is 35.0 Å². The predicted octanol–water partition coefficient (Wildman–Crippen LogP) is 2.75.